The van der Waals surface area contributed by atoms with Gasteiger partial charge in [0.1, 0.15) is 0 Å². The minimum absolute atomic E-state index is 0.520. The number of pyridine rings is 1. The second-order valence-electron chi connectivity index (χ2n) is 3.63. The number of nitrogens with zero attached hydrogens (tertiary/aromatic N) is 2. The van der Waals surface area contributed by atoms with Crippen LogP contribution in [-0.4, -0.2) is 15.2 Å². The Hall–Kier alpha value is -1.38. The normalized spacial score (nSPS) is 11.4. The van der Waals surface area contributed by atoms with Gasteiger partial charge in [0.05, 0.1) is 6.20 Å². The lowest BCUT2D eigenvalue weighted by Crippen LogP contribution is -1.94. The van der Waals surface area contributed by atoms with Crippen molar-refractivity contribution in [3.8, 4) is 0 Å². The highest BCUT2D eigenvalue weighted by molar-refractivity contribution is 5.74. The van der Waals surface area contributed by atoms with Crippen LogP contribution in [0.25, 0.3) is 11.0 Å². The molecule has 3 nitrogen and oxygen atoms in total. The summed E-state index contributed by atoms with van der Waals surface area (Å²) in [6.07, 6.45) is 1.81. The SMILES string of the molecule is Cc1nc2[nH]ncc2cc1C(C)C. The molecule has 0 aliphatic heterocycles. The Kier molecular flexibility index (Phi) is 1.79. The zero-order valence-corrected chi connectivity index (χ0v) is 8.13. The lowest BCUT2D eigenvalue weighted by molar-refractivity contribution is 0.847. The van der Waals surface area contributed by atoms with E-state index in [1.54, 1.807) is 0 Å². The van der Waals surface area contributed by atoms with Crippen molar-refractivity contribution in [2.75, 3.05) is 0 Å². The number of nitrogens with one attached hydrogen (secondary N) is 1. The van der Waals surface area contributed by atoms with Gasteiger partial charge in [-0.05, 0) is 24.5 Å². The van der Waals surface area contributed by atoms with Gasteiger partial charge in [0.15, 0.2) is 5.65 Å². The molecule has 0 spiro atoms. The summed E-state index contributed by atoms with van der Waals surface area (Å²) < 4.78 is 0. The van der Waals surface area contributed by atoms with Crippen molar-refractivity contribution in [3.63, 3.8) is 0 Å². The first kappa shape index (κ1) is 8.23. The maximum Gasteiger partial charge on any atom is 0.155 e. The Morgan fingerprint density at radius 2 is 2.15 bits per heavy atom. The van der Waals surface area contributed by atoms with E-state index in [0.717, 1.165) is 16.7 Å². The molecule has 3 heteroatoms. The molecule has 0 saturated heterocycles. The van der Waals surface area contributed by atoms with Gasteiger partial charge in [0.25, 0.3) is 0 Å². The number of hydrogen-bond donors (Lipinski definition) is 1. The quantitative estimate of drug-likeness (QED) is 0.723. The molecule has 0 aliphatic carbocycles. The van der Waals surface area contributed by atoms with Crippen molar-refractivity contribution in [1.29, 1.82) is 0 Å². The summed E-state index contributed by atoms with van der Waals surface area (Å²) >= 11 is 0. The van der Waals surface area contributed by atoms with Crippen LogP contribution in [0.1, 0.15) is 31.0 Å². The summed E-state index contributed by atoms with van der Waals surface area (Å²) in [4.78, 5) is 4.44. The van der Waals surface area contributed by atoms with E-state index < -0.39 is 0 Å². The van der Waals surface area contributed by atoms with Gasteiger partial charge in [-0.2, -0.15) is 5.10 Å². The van der Waals surface area contributed by atoms with Gasteiger partial charge in [0, 0.05) is 11.1 Å². The van der Waals surface area contributed by atoms with E-state index in [1.807, 2.05) is 13.1 Å². The van der Waals surface area contributed by atoms with Crippen LogP contribution in [0.2, 0.25) is 0 Å². The van der Waals surface area contributed by atoms with Crippen molar-refractivity contribution in [2.45, 2.75) is 26.7 Å². The van der Waals surface area contributed by atoms with Crippen molar-refractivity contribution in [2.24, 2.45) is 0 Å². The highest BCUT2D eigenvalue weighted by Gasteiger charge is 2.07. The molecule has 0 saturated carbocycles. The minimum Gasteiger partial charge on any atom is -0.261 e. The fourth-order valence-electron chi connectivity index (χ4n) is 1.57. The average Bonchev–Trinajstić information content (AvgIpc) is 2.48. The van der Waals surface area contributed by atoms with Crippen molar-refractivity contribution in [3.05, 3.63) is 23.5 Å². The van der Waals surface area contributed by atoms with Gasteiger partial charge in [-0.25, -0.2) is 4.98 Å². The standard InChI is InChI=1S/C10H13N3/c1-6(2)9-4-8-5-11-13-10(8)12-7(9)3/h4-6H,1-3H3,(H,11,12,13). The van der Waals surface area contributed by atoms with E-state index in [-0.39, 0.29) is 0 Å². The predicted molar refractivity (Wildman–Crippen MR) is 52.7 cm³/mol. The molecule has 0 aliphatic rings. The molecule has 0 bridgehead atoms. The molecular formula is C10H13N3. The molecule has 2 aromatic rings. The van der Waals surface area contributed by atoms with Crippen LogP contribution >= 0.6 is 0 Å². The van der Waals surface area contributed by atoms with Crippen LogP contribution in [0.5, 0.6) is 0 Å². The Balaban J connectivity index is 2.69. The topological polar surface area (TPSA) is 41.6 Å². The first-order valence-corrected chi connectivity index (χ1v) is 4.49. The second kappa shape index (κ2) is 2.83. The number of hydrogen-bond acceptors (Lipinski definition) is 2. The first-order valence-electron chi connectivity index (χ1n) is 4.49. The monoisotopic (exact) mass is 175 g/mol. The van der Waals surface area contributed by atoms with Crippen LogP contribution < -0.4 is 0 Å². The lowest BCUT2D eigenvalue weighted by Gasteiger charge is -2.07. The Labute approximate surface area is 77.2 Å². The van der Waals surface area contributed by atoms with E-state index in [4.69, 9.17) is 0 Å². The Morgan fingerprint density at radius 3 is 2.85 bits per heavy atom. The summed E-state index contributed by atoms with van der Waals surface area (Å²) in [7, 11) is 0. The van der Waals surface area contributed by atoms with Crippen LogP contribution in [0.3, 0.4) is 0 Å². The van der Waals surface area contributed by atoms with Gasteiger partial charge in [-0.15, -0.1) is 0 Å². The highest BCUT2D eigenvalue weighted by Crippen LogP contribution is 2.21. The van der Waals surface area contributed by atoms with Crippen LogP contribution in [0.15, 0.2) is 12.3 Å². The van der Waals surface area contributed by atoms with E-state index in [9.17, 15) is 0 Å². The van der Waals surface area contributed by atoms with Crippen molar-refractivity contribution in [1.82, 2.24) is 15.2 Å². The summed E-state index contributed by atoms with van der Waals surface area (Å²) in [5.41, 5.74) is 3.27. The predicted octanol–water partition coefficient (Wildman–Crippen LogP) is 2.39. The number of aromatic amines is 1. The molecule has 0 amide bonds. The number of aromatic nitrogens is 3. The third-order valence-electron chi connectivity index (χ3n) is 2.28. The van der Waals surface area contributed by atoms with Crippen LogP contribution in [0, 0.1) is 6.92 Å². The van der Waals surface area contributed by atoms with E-state index in [2.05, 4.69) is 35.1 Å². The van der Waals surface area contributed by atoms with E-state index >= 15 is 0 Å². The molecule has 0 radical (unpaired) electrons. The third kappa shape index (κ3) is 1.30. The summed E-state index contributed by atoms with van der Waals surface area (Å²) in [6, 6.07) is 2.16. The highest BCUT2D eigenvalue weighted by atomic mass is 15.1. The fourth-order valence-corrected chi connectivity index (χ4v) is 1.57. The van der Waals surface area contributed by atoms with Gasteiger partial charge in [-0.1, -0.05) is 13.8 Å². The van der Waals surface area contributed by atoms with E-state index in [1.165, 1.54) is 5.56 Å². The summed E-state index contributed by atoms with van der Waals surface area (Å²) in [5, 5.41) is 7.91. The largest absolute Gasteiger partial charge is 0.261 e. The third-order valence-corrected chi connectivity index (χ3v) is 2.28. The molecule has 2 rings (SSSR count). The number of rotatable bonds is 1. The molecule has 2 heterocycles. The van der Waals surface area contributed by atoms with Crippen LogP contribution in [-0.2, 0) is 0 Å². The first-order chi connectivity index (χ1) is 6.18. The lowest BCUT2D eigenvalue weighted by atomic mass is 10.0. The molecular weight excluding hydrogens is 162 g/mol. The Bertz CT molecular complexity index is 429. The van der Waals surface area contributed by atoms with Crippen molar-refractivity contribution >= 4 is 11.0 Å². The summed E-state index contributed by atoms with van der Waals surface area (Å²) in [5.74, 6) is 0.520. The second-order valence-corrected chi connectivity index (χ2v) is 3.63. The van der Waals surface area contributed by atoms with Crippen molar-refractivity contribution < 1.29 is 0 Å². The molecule has 0 atom stereocenters. The number of fused-ring (bicyclic) bond motifs is 1. The van der Waals surface area contributed by atoms with Gasteiger partial charge in [0.2, 0.25) is 0 Å². The molecule has 0 fully saturated rings. The maximum absolute atomic E-state index is 4.44. The summed E-state index contributed by atoms with van der Waals surface area (Å²) in [6.45, 7) is 6.39. The van der Waals surface area contributed by atoms with Gasteiger partial charge < -0.3 is 0 Å². The van der Waals surface area contributed by atoms with Crippen LogP contribution in [0.4, 0.5) is 0 Å². The zero-order valence-electron chi connectivity index (χ0n) is 8.13. The molecule has 68 valence electrons. The average molecular weight is 175 g/mol. The Morgan fingerprint density at radius 1 is 1.38 bits per heavy atom. The smallest absolute Gasteiger partial charge is 0.155 e. The van der Waals surface area contributed by atoms with E-state index in [0.29, 0.717) is 5.92 Å². The molecule has 2 aromatic heterocycles. The zero-order chi connectivity index (χ0) is 9.42. The fraction of sp³-hybridized carbons (Fsp3) is 0.400. The minimum atomic E-state index is 0.520. The van der Waals surface area contributed by atoms with Gasteiger partial charge in [-0.3, -0.25) is 5.10 Å². The molecule has 13 heavy (non-hydrogen) atoms. The molecule has 1 N–H and O–H groups in total. The number of H-pyrrole nitrogens is 1. The van der Waals surface area contributed by atoms with Gasteiger partial charge >= 0.3 is 0 Å². The molecule has 0 aromatic carbocycles. The molecule has 0 unspecified atom stereocenters. The maximum atomic E-state index is 4.44. The number of aryl methyl sites for hydroxylation is 1.